The van der Waals surface area contributed by atoms with Gasteiger partial charge in [0, 0.05) is 0 Å². The smallest absolute Gasteiger partial charge is 0.273 e. The van der Waals surface area contributed by atoms with Crippen molar-refractivity contribution in [3.63, 3.8) is 0 Å². The maximum atomic E-state index is 12.2. The van der Waals surface area contributed by atoms with Crippen LogP contribution >= 0.6 is 11.3 Å². The zero-order valence-electron chi connectivity index (χ0n) is 10.7. The van der Waals surface area contributed by atoms with E-state index in [1.54, 1.807) is 32.2 Å². The van der Waals surface area contributed by atoms with Gasteiger partial charge in [0.1, 0.15) is 5.82 Å². The first-order chi connectivity index (χ1) is 9.44. The molecule has 0 aromatic carbocycles. The highest BCUT2D eigenvalue weighted by atomic mass is 32.2. The molecule has 0 aliphatic carbocycles. The van der Waals surface area contributed by atoms with E-state index in [2.05, 4.69) is 19.8 Å². The predicted molar refractivity (Wildman–Crippen MR) is 75.4 cm³/mol. The molecule has 0 saturated carbocycles. The number of nitrogens with zero attached hydrogens (tertiary/aromatic N) is 4. The highest BCUT2D eigenvalue weighted by molar-refractivity contribution is 7.94. The fraction of sp³-hybridized carbons (Fsp3) is 0.182. The first-order valence-corrected chi connectivity index (χ1v) is 8.02. The van der Waals surface area contributed by atoms with Gasteiger partial charge in [-0.25, -0.2) is 22.9 Å². The van der Waals surface area contributed by atoms with E-state index in [1.165, 1.54) is 10.7 Å². The van der Waals surface area contributed by atoms with Crippen molar-refractivity contribution in [3.05, 3.63) is 35.4 Å². The standard InChI is InChI=1S/C11H11N5O2S2/c1-7-13-10-4-3-9(6-16(10)14-7)15-20(17,18)11-5-12-8(2)19-11/h3-6,15H,1-2H3. The lowest BCUT2D eigenvalue weighted by Crippen LogP contribution is -2.12. The second-order valence-electron chi connectivity index (χ2n) is 4.18. The molecule has 0 unspecified atom stereocenters. The number of anilines is 1. The Morgan fingerprint density at radius 1 is 1.30 bits per heavy atom. The average molecular weight is 309 g/mol. The molecule has 0 radical (unpaired) electrons. The molecule has 0 aliphatic heterocycles. The molecule has 7 nitrogen and oxygen atoms in total. The van der Waals surface area contributed by atoms with Crippen molar-refractivity contribution in [2.24, 2.45) is 0 Å². The number of fused-ring (bicyclic) bond motifs is 1. The first kappa shape index (κ1) is 13.0. The highest BCUT2D eigenvalue weighted by Crippen LogP contribution is 2.21. The molecule has 0 spiro atoms. The monoisotopic (exact) mass is 309 g/mol. The molecule has 0 saturated heterocycles. The molecule has 3 aromatic rings. The minimum Gasteiger partial charge on any atom is -0.277 e. The van der Waals surface area contributed by atoms with Crippen molar-refractivity contribution in [2.45, 2.75) is 18.1 Å². The fourth-order valence-corrected chi connectivity index (χ4v) is 3.88. The van der Waals surface area contributed by atoms with Gasteiger partial charge in [-0.1, -0.05) is 0 Å². The van der Waals surface area contributed by atoms with Crippen LogP contribution in [-0.4, -0.2) is 28.0 Å². The largest absolute Gasteiger partial charge is 0.277 e. The van der Waals surface area contributed by atoms with Gasteiger partial charge in [-0.2, -0.15) is 5.10 Å². The predicted octanol–water partition coefficient (Wildman–Crippen LogP) is 1.60. The van der Waals surface area contributed by atoms with Crippen LogP contribution in [0.2, 0.25) is 0 Å². The normalized spacial score (nSPS) is 11.9. The Balaban J connectivity index is 1.96. The van der Waals surface area contributed by atoms with Crippen molar-refractivity contribution in [1.29, 1.82) is 0 Å². The van der Waals surface area contributed by atoms with Crippen LogP contribution in [0.3, 0.4) is 0 Å². The molecule has 0 fully saturated rings. The Morgan fingerprint density at radius 2 is 2.10 bits per heavy atom. The van der Waals surface area contributed by atoms with Crippen LogP contribution in [0, 0.1) is 13.8 Å². The zero-order valence-corrected chi connectivity index (χ0v) is 12.4. The van der Waals surface area contributed by atoms with E-state index in [-0.39, 0.29) is 4.21 Å². The molecule has 0 bridgehead atoms. The Labute approximate surface area is 119 Å². The van der Waals surface area contributed by atoms with E-state index in [0.717, 1.165) is 11.3 Å². The Kier molecular flexibility index (Phi) is 2.94. The minimum atomic E-state index is -3.61. The number of hydrogen-bond donors (Lipinski definition) is 1. The van der Waals surface area contributed by atoms with E-state index >= 15 is 0 Å². The van der Waals surface area contributed by atoms with Gasteiger partial charge in [0.05, 0.1) is 23.1 Å². The lowest BCUT2D eigenvalue weighted by molar-refractivity contribution is 0.603. The van der Waals surface area contributed by atoms with Gasteiger partial charge in [0.2, 0.25) is 0 Å². The third-order valence-corrected chi connectivity index (χ3v) is 5.31. The fourth-order valence-electron chi connectivity index (χ4n) is 1.73. The number of sulfonamides is 1. The summed E-state index contributed by atoms with van der Waals surface area (Å²) in [6.07, 6.45) is 2.93. The number of hydrogen-bond acceptors (Lipinski definition) is 6. The second-order valence-corrected chi connectivity index (χ2v) is 7.33. The molecular formula is C11H11N5O2S2. The first-order valence-electron chi connectivity index (χ1n) is 5.72. The summed E-state index contributed by atoms with van der Waals surface area (Å²) in [5.41, 5.74) is 1.09. The SMILES string of the molecule is Cc1nc2ccc(NS(=O)(=O)c3cnc(C)s3)cn2n1. The summed E-state index contributed by atoms with van der Waals surface area (Å²) in [6, 6.07) is 3.35. The summed E-state index contributed by atoms with van der Waals surface area (Å²) in [4.78, 5) is 8.13. The van der Waals surface area contributed by atoms with Gasteiger partial charge in [0.15, 0.2) is 9.86 Å². The maximum absolute atomic E-state index is 12.2. The maximum Gasteiger partial charge on any atom is 0.273 e. The molecule has 0 amide bonds. The topological polar surface area (TPSA) is 89.2 Å². The molecule has 104 valence electrons. The van der Waals surface area contributed by atoms with Crippen LogP contribution < -0.4 is 4.72 Å². The van der Waals surface area contributed by atoms with E-state index in [9.17, 15) is 8.42 Å². The van der Waals surface area contributed by atoms with Gasteiger partial charge in [0.25, 0.3) is 10.0 Å². The number of thiazole rings is 1. The van der Waals surface area contributed by atoms with Crippen molar-refractivity contribution in [3.8, 4) is 0 Å². The molecule has 3 heterocycles. The molecule has 3 aromatic heterocycles. The van der Waals surface area contributed by atoms with Gasteiger partial charge in [-0.3, -0.25) is 4.72 Å². The Bertz CT molecular complexity index is 881. The van der Waals surface area contributed by atoms with Crippen molar-refractivity contribution >= 4 is 32.7 Å². The minimum absolute atomic E-state index is 0.185. The summed E-state index contributed by atoms with van der Waals surface area (Å²) < 4.78 is 28.6. The van der Waals surface area contributed by atoms with Crippen LogP contribution in [0.5, 0.6) is 0 Å². The molecule has 1 N–H and O–H groups in total. The van der Waals surface area contributed by atoms with E-state index < -0.39 is 10.0 Å². The summed E-state index contributed by atoms with van der Waals surface area (Å²) in [7, 11) is -3.61. The van der Waals surface area contributed by atoms with E-state index in [4.69, 9.17) is 0 Å². The summed E-state index contributed by atoms with van der Waals surface area (Å²) in [5, 5.41) is 4.84. The van der Waals surface area contributed by atoms with Gasteiger partial charge in [-0.15, -0.1) is 11.3 Å². The van der Waals surface area contributed by atoms with Crippen molar-refractivity contribution in [1.82, 2.24) is 19.6 Å². The third-order valence-electron chi connectivity index (χ3n) is 2.55. The summed E-state index contributed by atoms with van der Waals surface area (Å²) in [6.45, 7) is 3.53. The van der Waals surface area contributed by atoms with Crippen LogP contribution in [0.1, 0.15) is 10.8 Å². The highest BCUT2D eigenvalue weighted by Gasteiger charge is 2.17. The number of aryl methyl sites for hydroxylation is 2. The van der Waals surface area contributed by atoms with Crippen LogP contribution in [0.25, 0.3) is 5.65 Å². The van der Waals surface area contributed by atoms with Gasteiger partial charge in [-0.05, 0) is 26.0 Å². The van der Waals surface area contributed by atoms with E-state index in [0.29, 0.717) is 22.2 Å². The number of nitrogens with one attached hydrogen (secondary N) is 1. The Hall–Kier alpha value is -2.00. The lowest BCUT2D eigenvalue weighted by atomic mass is 10.4. The van der Waals surface area contributed by atoms with Gasteiger partial charge < -0.3 is 0 Å². The van der Waals surface area contributed by atoms with Crippen LogP contribution in [-0.2, 0) is 10.0 Å². The number of pyridine rings is 1. The number of aromatic nitrogens is 4. The molecule has 20 heavy (non-hydrogen) atoms. The summed E-state index contributed by atoms with van der Waals surface area (Å²) >= 11 is 1.13. The molecule has 0 atom stereocenters. The van der Waals surface area contributed by atoms with Crippen LogP contribution in [0.15, 0.2) is 28.7 Å². The van der Waals surface area contributed by atoms with E-state index in [1.807, 2.05) is 0 Å². The van der Waals surface area contributed by atoms with Crippen molar-refractivity contribution in [2.75, 3.05) is 4.72 Å². The quantitative estimate of drug-likeness (QED) is 0.794. The Morgan fingerprint density at radius 3 is 2.80 bits per heavy atom. The lowest BCUT2D eigenvalue weighted by Gasteiger charge is -2.05. The molecule has 9 heteroatoms. The molecular weight excluding hydrogens is 298 g/mol. The van der Waals surface area contributed by atoms with Crippen LogP contribution in [0.4, 0.5) is 5.69 Å². The molecule has 0 aliphatic rings. The third kappa shape index (κ3) is 2.37. The zero-order chi connectivity index (χ0) is 14.3. The van der Waals surface area contributed by atoms with Gasteiger partial charge >= 0.3 is 0 Å². The summed E-state index contributed by atoms with van der Waals surface area (Å²) in [5.74, 6) is 0.628. The van der Waals surface area contributed by atoms with Crippen molar-refractivity contribution < 1.29 is 8.42 Å². The molecule has 3 rings (SSSR count). The average Bonchev–Trinajstić information content (AvgIpc) is 2.93. The number of rotatable bonds is 3. The second kappa shape index (κ2) is 4.53.